The summed E-state index contributed by atoms with van der Waals surface area (Å²) in [7, 11) is 0. The van der Waals surface area contributed by atoms with Crippen molar-refractivity contribution in [2.45, 2.75) is 59.5 Å². The number of hydrogen-bond acceptors (Lipinski definition) is 3. The highest BCUT2D eigenvalue weighted by Gasteiger charge is 2.28. The zero-order valence-electron chi connectivity index (χ0n) is 18.6. The lowest BCUT2D eigenvalue weighted by Crippen LogP contribution is -2.50. The molecule has 0 heterocycles. The van der Waals surface area contributed by atoms with Crippen LogP contribution in [0.2, 0.25) is 0 Å². The molecule has 30 heavy (non-hydrogen) atoms. The molecular formula is C25H34N2O3. The van der Waals surface area contributed by atoms with Gasteiger partial charge in [0.25, 0.3) is 5.91 Å². The van der Waals surface area contributed by atoms with Crippen molar-refractivity contribution >= 4 is 11.8 Å². The second kappa shape index (κ2) is 12.0. The van der Waals surface area contributed by atoms with E-state index in [1.54, 1.807) is 4.90 Å². The lowest BCUT2D eigenvalue weighted by Gasteiger charge is -2.30. The van der Waals surface area contributed by atoms with E-state index in [0.717, 1.165) is 24.0 Å². The van der Waals surface area contributed by atoms with Crippen LogP contribution in [0.1, 0.15) is 49.8 Å². The lowest BCUT2D eigenvalue weighted by molar-refractivity contribution is -0.143. The first-order valence-electron chi connectivity index (χ1n) is 10.8. The molecule has 5 heteroatoms. The zero-order chi connectivity index (χ0) is 21.9. The number of amides is 2. The molecule has 2 aromatic carbocycles. The number of ether oxygens (including phenoxy) is 1. The summed E-state index contributed by atoms with van der Waals surface area (Å²) in [4.78, 5) is 27.6. The largest absolute Gasteiger partial charge is 0.484 e. The molecule has 1 atom stereocenters. The highest BCUT2D eigenvalue weighted by Crippen LogP contribution is 2.18. The summed E-state index contributed by atoms with van der Waals surface area (Å²) in [6.07, 6.45) is 2.47. The highest BCUT2D eigenvalue weighted by molar-refractivity contribution is 5.88. The third-order valence-corrected chi connectivity index (χ3v) is 5.25. The Hall–Kier alpha value is -2.82. The van der Waals surface area contributed by atoms with Crippen LogP contribution in [0, 0.1) is 13.8 Å². The molecule has 162 valence electrons. The molecule has 0 fully saturated rings. The first kappa shape index (κ1) is 23.5. The number of benzene rings is 2. The molecule has 2 amide bonds. The van der Waals surface area contributed by atoms with E-state index in [1.807, 2.05) is 69.3 Å². The van der Waals surface area contributed by atoms with Crippen molar-refractivity contribution < 1.29 is 14.3 Å². The number of hydrogen-bond donors (Lipinski definition) is 1. The van der Waals surface area contributed by atoms with E-state index in [4.69, 9.17) is 4.74 Å². The predicted molar refractivity (Wildman–Crippen MR) is 120 cm³/mol. The first-order chi connectivity index (χ1) is 14.5. The van der Waals surface area contributed by atoms with Gasteiger partial charge in [-0.15, -0.1) is 0 Å². The fourth-order valence-corrected chi connectivity index (χ4v) is 3.24. The third-order valence-electron chi connectivity index (χ3n) is 5.25. The Morgan fingerprint density at radius 2 is 1.77 bits per heavy atom. The molecule has 0 aliphatic heterocycles. The van der Waals surface area contributed by atoms with Gasteiger partial charge >= 0.3 is 0 Å². The summed E-state index contributed by atoms with van der Waals surface area (Å²) in [5.74, 6) is 0.350. The summed E-state index contributed by atoms with van der Waals surface area (Å²) in [5, 5.41) is 2.97. The van der Waals surface area contributed by atoms with Gasteiger partial charge in [-0.05, 0) is 55.5 Å². The van der Waals surface area contributed by atoms with E-state index < -0.39 is 6.04 Å². The van der Waals surface area contributed by atoms with Crippen LogP contribution in [-0.4, -0.2) is 35.9 Å². The summed E-state index contributed by atoms with van der Waals surface area (Å²) >= 11 is 0. The number of carbonyl (C=O) groups is 2. The van der Waals surface area contributed by atoms with Crippen LogP contribution in [0.5, 0.6) is 5.75 Å². The van der Waals surface area contributed by atoms with Gasteiger partial charge in [0, 0.05) is 13.1 Å². The van der Waals surface area contributed by atoms with E-state index in [-0.39, 0.29) is 18.4 Å². The maximum atomic E-state index is 13.1. The number of carbonyl (C=O) groups excluding carboxylic acids is 2. The Morgan fingerprint density at radius 1 is 1.03 bits per heavy atom. The van der Waals surface area contributed by atoms with E-state index in [2.05, 4.69) is 12.2 Å². The Kier molecular flexibility index (Phi) is 9.39. The average molecular weight is 411 g/mol. The van der Waals surface area contributed by atoms with E-state index in [0.29, 0.717) is 25.3 Å². The van der Waals surface area contributed by atoms with Crippen molar-refractivity contribution in [3.63, 3.8) is 0 Å². The van der Waals surface area contributed by atoms with Crippen LogP contribution in [0.4, 0.5) is 0 Å². The highest BCUT2D eigenvalue weighted by atomic mass is 16.5. The second-order valence-corrected chi connectivity index (χ2v) is 7.61. The first-order valence-corrected chi connectivity index (χ1v) is 10.8. The standard InChI is InChI=1S/C25H34N2O3/c1-5-7-15-26-25(29)23(6-2)27(17-21-11-9-8-10-12-21)24(28)18-30-22-14-13-19(3)20(4)16-22/h8-14,16,23H,5-7,15,17-18H2,1-4H3,(H,26,29)/t23-/m0/s1. The smallest absolute Gasteiger partial charge is 0.261 e. The van der Waals surface area contributed by atoms with E-state index in [9.17, 15) is 9.59 Å². The van der Waals surface area contributed by atoms with Crippen molar-refractivity contribution in [3.8, 4) is 5.75 Å². The van der Waals surface area contributed by atoms with Gasteiger partial charge in [-0.3, -0.25) is 9.59 Å². The van der Waals surface area contributed by atoms with Crippen molar-refractivity contribution in [3.05, 3.63) is 65.2 Å². The van der Waals surface area contributed by atoms with Crippen molar-refractivity contribution in [2.24, 2.45) is 0 Å². The van der Waals surface area contributed by atoms with Gasteiger partial charge in [0.05, 0.1) is 0 Å². The van der Waals surface area contributed by atoms with Crippen LogP contribution < -0.4 is 10.1 Å². The molecule has 5 nitrogen and oxygen atoms in total. The maximum absolute atomic E-state index is 13.1. The molecule has 0 aliphatic rings. The molecule has 0 aromatic heterocycles. The minimum Gasteiger partial charge on any atom is -0.484 e. The maximum Gasteiger partial charge on any atom is 0.261 e. The van der Waals surface area contributed by atoms with Crippen LogP contribution >= 0.6 is 0 Å². The SMILES string of the molecule is CCCCNC(=O)[C@H](CC)N(Cc1ccccc1)C(=O)COc1ccc(C)c(C)c1. The minimum atomic E-state index is -0.530. The fraction of sp³-hybridized carbons (Fsp3) is 0.440. The number of nitrogens with one attached hydrogen (secondary N) is 1. The van der Waals surface area contributed by atoms with Crippen molar-refractivity contribution in [1.82, 2.24) is 10.2 Å². The van der Waals surface area contributed by atoms with Crippen LogP contribution in [0.3, 0.4) is 0 Å². The van der Waals surface area contributed by atoms with E-state index in [1.165, 1.54) is 5.56 Å². The van der Waals surface area contributed by atoms with Crippen LogP contribution in [0.25, 0.3) is 0 Å². The van der Waals surface area contributed by atoms with Gasteiger partial charge in [-0.1, -0.05) is 56.7 Å². The van der Waals surface area contributed by atoms with Gasteiger partial charge in [-0.2, -0.15) is 0 Å². The van der Waals surface area contributed by atoms with Crippen LogP contribution in [-0.2, 0) is 16.1 Å². The van der Waals surface area contributed by atoms with Crippen molar-refractivity contribution in [2.75, 3.05) is 13.2 Å². The Morgan fingerprint density at radius 3 is 2.40 bits per heavy atom. The quantitative estimate of drug-likeness (QED) is 0.559. The zero-order valence-corrected chi connectivity index (χ0v) is 18.6. The van der Waals surface area contributed by atoms with Crippen molar-refractivity contribution in [1.29, 1.82) is 0 Å². The Bertz CT molecular complexity index is 820. The van der Waals surface area contributed by atoms with Gasteiger partial charge in [0.1, 0.15) is 11.8 Å². The number of unbranched alkanes of at least 4 members (excludes halogenated alkanes) is 1. The molecule has 0 unspecified atom stereocenters. The Labute approximate surface area is 180 Å². The summed E-state index contributed by atoms with van der Waals surface area (Å²) in [6, 6.07) is 15.0. The van der Waals surface area contributed by atoms with Gasteiger partial charge < -0.3 is 15.0 Å². The fourth-order valence-electron chi connectivity index (χ4n) is 3.24. The van der Waals surface area contributed by atoms with Gasteiger partial charge in [0.15, 0.2) is 6.61 Å². The summed E-state index contributed by atoms with van der Waals surface area (Å²) < 4.78 is 5.77. The molecule has 0 saturated carbocycles. The number of rotatable bonds is 11. The molecule has 0 bridgehead atoms. The summed E-state index contributed by atoms with van der Waals surface area (Å²) in [5.41, 5.74) is 3.27. The normalized spacial score (nSPS) is 11.6. The Balaban J connectivity index is 2.14. The molecular weight excluding hydrogens is 376 g/mol. The number of nitrogens with zero attached hydrogens (tertiary/aromatic N) is 1. The van der Waals surface area contributed by atoms with Gasteiger partial charge in [-0.25, -0.2) is 0 Å². The molecule has 2 aromatic rings. The third kappa shape index (κ3) is 6.90. The summed E-state index contributed by atoms with van der Waals surface area (Å²) in [6.45, 7) is 8.95. The average Bonchev–Trinajstić information content (AvgIpc) is 2.75. The topological polar surface area (TPSA) is 58.6 Å². The van der Waals surface area contributed by atoms with E-state index >= 15 is 0 Å². The minimum absolute atomic E-state index is 0.103. The van der Waals surface area contributed by atoms with Crippen LogP contribution in [0.15, 0.2) is 48.5 Å². The molecule has 0 saturated heterocycles. The predicted octanol–water partition coefficient (Wildman–Crippen LogP) is 4.41. The monoisotopic (exact) mass is 410 g/mol. The number of aryl methyl sites for hydroxylation is 2. The van der Waals surface area contributed by atoms with Gasteiger partial charge in [0.2, 0.25) is 5.91 Å². The molecule has 2 rings (SSSR count). The molecule has 0 spiro atoms. The molecule has 0 radical (unpaired) electrons. The second-order valence-electron chi connectivity index (χ2n) is 7.61. The molecule has 1 N–H and O–H groups in total. The molecule has 0 aliphatic carbocycles. The lowest BCUT2D eigenvalue weighted by atomic mass is 10.1.